The lowest BCUT2D eigenvalue weighted by atomic mass is 10.1. The summed E-state index contributed by atoms with van der Waals surface area (Å²) in [5.41, 5.74) is 3.98. The second kappa shape index (κ2) is 9.02. The van der Waals surface area contributed by atoms with Gasteiger partial charge in [-0.05, 0) is 43.7 Å². The maximum atomic E-state index is 12.4. The summed E-state index contributed by atoms with van der Waals surface area (Å²) in [5.74, 6) is 0.876. The molecule has 1 fully saturated rings. The van der Waals surface area contributed by atoms with Gasteiger partial charge in [-0.2, -0.15) is 0 Å². The van der Waals surface area contributed by atoms with Gasteiger partial charge in [0.15, 0.2) is 5.13 Å². The Hall–Kier alpha value is -2.64. The zero-order valence-corrected chi connectivity index (χ0v) is 18.6. The maximum Gasteiger partial charge on any atom is 0.251 e. The Morgan fingerprint density at radius 1 is 1.13 bits per heavy atom. The number of fused-ring (bicyclic) bond motifs is 1. The van der Waals surface area contributed by atoms with E-state index in [2.05, 4.69) is 15.1 Å². The smallest absolute Gasteiger partial charge is 0.251 e. The van der Waals surface area contributed by atoms with Crippen molar-refractivity contribution >= 4 is 32.6 Å². The molecule has 2 aromatic carbocycles. The number of methoxy groups -OCH3 is 1. The van der Waals surface area contributed by atoms with Crippen LogP contribution in [0.5, 0.6) is 5.75 Å². The van der Waals surface area contributed by atoms with E-state index < -0.39 is 0 Å². The van der Waals surface area contributed by atoms with Crippen LogP contribution in [0.4, 0.5) is 5.13 Å². The summed E-state index contributed by atoms with van der Waals surface area (Å²) in [6.45, 7) is 9.38. The number of carbonyl (C=O) groups excluding carboxylic acids is 1. The fraction of sp³-hybridized carbons (Fsp3) is 0.391. The monoisotopic (exact) mass is 424 g/mol. The highest BCUT2D eigenvalue weighted by atomic mass is 32.1. The fourth-order valence-electron chi connectivity index (χ4n) is 3.81. The van der Waals surface area contributed by atoms with E-state index in [1.165, 1.54) is 5.56 Å². The number of hydrogen-bond donors (Lipinski definition) is 1. The van der Waals surface area contributed by atoms with E-state index in [1.807, 2.05) is 50.2 Å². The molecule has 3 aromatic rings. The van der Waals surface area contributed by atoms with Gasteiger partial charge in [0, 0.05) is 44.8 Å². The Labute approximate surface area is 181 Å². The van der Waals surface area contributed by atoms with E-state index in [0.717, 1.165) is 64.9 Å². The van der Waals surface area contributed by atoms with Crippen molar-refractivity contribution in [3.63, 3.8) is 0 Å². The third-order valence-corrected chi connectivity index (χ3v) is 6.65. The quantitative estimate of drug-likeness (QED) is 0.657. The summed E-state index contributed by atoms with van der Waals surface area (Å²) in [7, 11) is 1.69. The number of nitrogens with one attached hydrogen (secondary N) is 1. The van der Waals surface area contributed by atoms with E-state index in [0.29, 0.717) is 6.54 Å². The summed E-state index contributed by atoms with van der Waals surface area (Å²) in [4.78, 5) is 22.0. The lowest BCUT2D eigenvalue weighted by Gasteiger charge is -2.34. The van der Waals surface area contributed by atoms with E-state index in [1.54, 1.807) is 18.4 Å². The van der Waals surface area contributed by atoms with Gasteiger partial charge in [0.1, 0.15) is 5.75 Å². The number of hydrogen-bond acceptors (Lipinski definition) is 6. The molecule has 0 radical (unpaired) electrons. The highest BCUT2D eigenvalue weighted by Crippen LogP contribution is 2.31. The molecule has 7 heteroatoms. The van der Waals surface area contributed by atoms with Crippen molar-refractivity contribution in [3.05, 3.63) is 53.1 Å². The molecule has 0 unspecified atom stereocenters. The number of amides is 1. The van der Waals surface area contributed by atoms with Crippen molar-refractivity contribution in [2.24, 2.45) is 0 Å². The fourth-order valence-corrected chi connectivity index (χ4v) is 4.85. The van der Waals surface area contributed by atoms with E-state index in [4.69, 9.17) is 9.72 Å². The van der Waals surface area contributed by atoms with Gasteiger partial charge >= 0.3 is 0 Å². The Morgan fingerprint density at radius 2 is 1.93 bits per heavy atom. The van der Waals surface area contributed by atoms with Crippen LogP contribution in [0.2, 0.25) is 0 Å². The number of aromatic nitrogens is 1. The highest BCUT2D eigenvalue weighted by molar-refractivity contribution is 7.22. The molecule has 4 rings (SSSR count). The average Bonchev–Trinajstić information content (AvgIpc) is 3.17. The largest absolute Gasteiger partial charge is 0.497 e. The molecule has 0 atom stereocenters. The second-order valence-electron chi connectivity index (χ2n) is 7.73. The highest BCUT2D eigenvalue weighted by Gasteiger charge is 2.20. The van der Waals surface area contributed by atoms with Crippen LogP contribution in [0.3, 0.4) is 0 Å². The van der Waals surface area contributed by atoms with Crippen molar-refractivity contribution in [2.75, 3.05) is 51.3 Å². The summed E-state index contributed by atoms with van der Waals surface area (Å²) in [5, 5.41) is 4.13. The minimum absolute atomic E-state index is 0.0102. The molecule has 6 nitrogen and oxygen atoms in total. The van der Waals surface area contributed by atoms with Gasteiger partial charge in [-0.1, -0.05) is 29.0 Å². The Balaban J connectivity index is 1.26. The summed E-state index contributed by atoms with van der Waals surface area (Å²) in [6, 6.07) is 12.0. The molecule has 2 heterocycles. The molecule has 158 valence electrons. The molecule has 0 aliphatic carbocycles. The van der Waals surface area contributed by atoms with Crippen LogP contribution >= 0.6 is 11.3 Å². The maximum absolute atomic E-state index is 12.4. The zero-order chi connectivity index (χ0) is 21.1. The first kappa shape index (κ1) is 20.6. The third kappa shape index (κ3) is 4.57. The van der Waals surface area contributed by atoms with E-state index in [9.17, 15) is 4.79 Å². The van der Waals surface area contributed by atoms with Crippen molar-refractivity contribution in [1.82, 2.24) is 15.2 Å². The van der Waals surface area contributed by atoms with Crippen LogP contribution in [0.25, 0.3) is 10.2 Å². The van der Waals surface area contributed by atoms with Crippen LogP contribution in [-0.2, 0) is 0 Å². The molecule has 0 saturated carbocycles. The number of benzene rings is 2. The van der Waals surface area contributed by atoms with Crippen molar-refractivity contribution in [2.45, 2.75) is 13.8 Å². The lowest BCUT2D eigenvalue weighted by Crippen LogP contribution is -2.48. The first-order valence-electron chi connectivity index (χ1n) is 10.3. The van der Waals surface area contributed by atoms with E-state index >= 15 is 0 Å². The number of rotatable bonds is 6. The van der Waals surface area contributed by atoms with Gasteiger partial charge in [0.25, 0.3) is 5.91 Å². The molecule has 1 aromatic heterocycles. The first-order valence-corrected chi connectivity index (χ1v) is 11.1. The first-order chi connectivity index (χ1) is 14.5. The molecular weight excluding hydrogens is 396 g/mol. The van der Waals surface area contributed by atoms with Crippen molar-refractivity contribution < 1.29 is 9.53 Å². The molecule has 1 N–H and O–H groups in total. The van der Waals surface area contributed by atoms with Gasteiger partial charge in [0.05, 0.1) is 17.3 Å². The predicted molar refractivity (Wildman–Crippen MR) is 123 cm³/mol. The van der Waals surface area contributed by atoms with Crippen LogP contribution < -0.4 is 15.0 Å². The van der Waals surface area contributed by atoms with Crippen molar-refractivity contribution in [1.29, 1.82) is 0 Å². The number of thiazole rings is 1. The second-order valence-corrected chi connectivity index (χ2v) is 8.74. The summed E-state index contributed by atoms with van der Waals surface area (Å²) < 4.78 is 6.47. The van der Waals surface area contributed by atoms with E-state index in [-0.39, 0.29) is 5.91 Å². The molecule has 0 spiro atoms. The summed E-state index contributed by atoms with van der Waals surface area (Å²) >= 11 is 1.72. The van der Waals surface area contributed by atoms with Crippen LogP contribution in [0, 0.1) is 13.8 Å². The zero-order valence-electron chi connectivity index (χ0n) is 17.8. The van der Waals surface area contributed by atoms with Crippen molar-refractivity contribution in [3.8, 4) is 5.75 Å². The molecule has 1 amide bonds. The number of piperazine rings is 1. The number of anilines is 1. The molecular formula is C23H28N4O2S. The van der Waals surface area contributed by atoms with Gasteiger partial charge in [-0.25, -0.2) is 4.98 Å². The Bertz CT molecular complexity index is 1040. The minimum atomic E-state index is 0.0102. The van der Waals surface area contributed by atoms with Crippen LogP contribution in [0.15, 0.2) is 36.4 Å². The Morgan fingerprint density at radius 3 is 2.67 bits per heavy atom. The van der Waals surface area contributed by atoms with Gasteiger partial charge in [-0.15, -0.1) is 0 Å². The average molecular weight is 425 g/mol. The SMILES string of the molecule is COc1ccc2nc(N3CCN(CCNC(=O)c4ccc(C)cc4C)CC3)sc2c1. The summed E-state index contributed by atoms with van der Waals surface area (Å²) in [6.07, 6.45) is 0. The standard InChI is InChI=1S/C23H28N4O2S/c1-16-4-6-19(17(2)14-16)22(28)24-8-9-26-10-12-27(13-11-26)23-25-20-7-5-18(29-3)15-21(20)30-23/h4-7,14-15H,8-13H2,1-3H3,(H,24,28). The van der Waals surface area contributed by atoms with Gasteiger partial charge in [0.2, 0.25) is 0 Å². The molecule has 1 aliphatic heterocycles. The number of nitrogens with zero attached hydrogens (tertiary/aromatic N) is 3. The number of ether oxygens (including phenoxy) is 1. The topological polar surface area (TPSA) is 57.7 Å². The molecule has 30 heavy (non-hydrogen) atoms. The van der Waals surface area contributed by atoms with Gasteiger partial charge in [-0.3, -0.25) is 9.69 Å². The molecule has 1 saturated heterocycles. The minimum Gasteiger partial charge on any atom is -0.497 e. The Kier molecular flexibility index (Phi) is 6.20. The lowest BCUT2D eigenvalue weighted by molar-refractivity contribution is 0.0947. The van der Waals surface area contributed by atoms with Gasteiger partial charge < -0.3 is 15.0 Å². The van der Waals surface area contributed by atoms with Crippen LogP contribution in [-0.4, -0.2) is 62.2 Å². The molecule has 0 bridgehead atoms. The molecule has 1 aliphatic rings. The third-order valence-electron chi connectivity index (χ3n) is 5.57. The number of carbonyl (C=O) groups is 1. The normalized spacial score (nSPS) is 14.8. The van der Waals surface area contributed by atoms with Crippen LogP contribution in [0.1, 0.15) is 21.5 Å². The predicted octanol–water partition coefficient (Wildman–Crippen LogP) is 3.47. The number of aryl methyl sites for hydroxylation is 2.